The Morgan fingerprint density at radius 1 is 1.10 bits per heavy atom. The third-order valence-electron chi connectivity index (χ3n) is 5.31. The van der Waals surface area contributed by atoms with Gasteiger partial charge in [0.2, 0.25) is 0 Å². The second-order valence-corrected chi connectivity index (χ2v) is 9.87. The largest absolute Gasteiger partial charge is 0.361 e. The van der Waals surface area contributed by atoms with Gasteiger partial charge < -0.3 is 20.9 Å². The molecule has 2 heterocycles. The van der Waals surface area contributed by atoms with E-state index in [1.807, 2.05) is 30.5 Å². The monoisotopic (exact) mass is 440 g/mol. The van der Waals surface area contributed by atoms with Gasteiger partial charge in [-0.25, -0.2) is 13.2 Å². The molecule has 3 amide bonds. The lowest BCUT2D eigenvalue weighted by Gasteiger charge is -2.13. The standard InChI is InChI=1S/C22H24N4O4S/c27-21(23-10-8-16-13-24-20-7-2-1-6-19(16)20)15-4-3-5-17(12-15)25-22(28)26-18-9-11-31(29,30)14-18/h1-7,12-13,18,24H,8-11,14H2,(H,23,27)(H2,25,26,28)/t18-/m1/s1. The lowest BCUT2D eigenvalue weighted by atomic mass is 10.1. The molecule has 0 bridgehead atoms. The van der Waals surface area contributed by atoms with E-state index in [1.54, 1.807) is 24.3 Å². The summed E-state index contributed by atoms with van der Waals surface area (Å²) >= 11 is 0. The highest BCUT2D eigenvalue weighted by Crippen LogP contribution is 2.18. The van der Waals surface area contributed by atoms with E-state index in [1.165, 1.54) is 0 Å². The van der Waals surface area contributed by atoms with Crippen molar-refractivity contribution in [2.24, 2.45) is 0 Å². The molecule has 0 radical (unpaired) electrons. The number of H-pyrrole nitrogens is 1. The first-order valence-electron chi connectivity index (χ1n) is 10.1. The molecule has 8 nitrogen and oxygen atoms in total. The number of urea groups is 1. The summed E-state index contributed by atoms with van der Waals surface area (Å²) in [5.41, 5.74) is 3.09. The second kappa shape index (κ2) is 8.81. The van der Waals surface area contributed by atoms with E-state index in [2.05, 4.69) is 20.9 Å². The Kier molecular flexibility index (Phi) is 5.94. The lowest BCUT2D eigenvalue weighted by molar-refractivity contribution is 0.0954. The van der Waals surface area contributed by atoms with Crippen molar-refractivity contribution in [2.45, 2.75) is 18.9 Å². The van der Waals surface area contributed by atoms with Gasteiger partial charge in [0.1, 0.15) is 0 Å². The number of hydrogen-bond donors (Lipinski definition) is 4. The quantitative estimate of drug-likeness (QED) is 0.471. The molecule has 0 unspecified atom stereocenters. The second-order valence-electron chi connectivity index (χ2n) is 7.64. The van der Waals surface area contributed by atoms with Crippen LogP contribution in [0.1, 0.15) is 22.3 Å². The third kappa shape index (κ3) is 5.24. The number of sulfone groups is 1. The maximum absolute atomic E-state index is 12.5. The molecule has 2 aromatic carbocycles. The van der Waals surface area contributed by atoms with Crippen LogP contribution in [0.25, 0.3) is 10.9 Å². The van der Waals surface area contributed by atoms with Crippen molar-refractivity contribution >= 4 is 38.4 Å². The van der Waals surface area contributed by atoms with Crippen LogP contribution in [0.5, 0.6) is 0 Å². The van der Waals surface area contributed by atoms with Crippen LogP contribution in [0.15, 0.2) is 54.7 Å². The Bertz CT molecular complexity index is 1220. The molecule has 1 saturated heterocycles. The number of nitrogens with one attached hydrogen (secondary N) is 4. The van der Waals surface area contributed by atoms with Gasteiger partial charge in [0.15, 0.2) is 9.84 Å². The first-order chi connectivity index (χ1) is 14.9. The van der Waals surface area contributed by atoms with Crippen molar-refractivity contribution in [1.29, 1.82) is 0 Å². The number of rotatable bonds is 6. The molecular formula is C22H24N4O4S. The molecule has 4 rings (SSSR count). The zero-order valence-corrected chi connectivity index (χ0v) is 17.7. The van der Waals surface area contributed by atoms with E-state index < -0.39 is 15.9 Å². The first-order valence-corrected chi connectivity index (χ1v) is 11.9. The van der Waals surface area contributed by atoms with Crippen LogP contribution in [-0.4, -0.2) is 49.4 Å². The summed E-state index contributed by atoms with van der Waals surface area (Å²) in [6.45, 7) is 0.481. The molecule has 1 aliphatic heterocycles. The minimum absolute atomic E-state index is 0.0424. The molecule has 162 valence electrons. The molecule has 0 saturated carbocycles. The van der Waals surface area contributed by atoms with E-state index in [0.29, 0.717) is 30.6 Å². The molecule has 1 fully saturated rings. The smallest absolute Gasteiger partial charge is 0.319 e. The third-order valence-corrected chi connectivity index (χ3v) is 7.07. The van der Waals surface area contributed by atoms with E-state index in [0.717, 1.165) is 16.5 Å². The Morgan fingerprint density at radius 2 is 1.94 bits per heavy atom. The Morgan fingerprint density at radius 3 is 2.74 bits per heavy atom. The summed E-state index contributed by atoms with van der Waals surface area (Å²) in [7, 11) is -3.07. The van der Waals surface area contributed by atoms with E-state index >= 15 is 0 Å². The Labute approximate surface area is 180 Å². The molecule has 3 aromatic rings. The van der Waals surface area contributed by atoms with Crippen molar-refractivity contribution in [3.63, 3.8) is 0 Å². The molecule has 0 spiro atoms. The normalized spacial score (nSPS) is 17.4. The zero-order valence-electron chi connectivity index (χ0n) is 16.9. The van der Waals surface area contributed by atoms with Gasteiger partial charge in [0.25, 0.3) is 5.91 Å². The summed E-state index contributed by atoms with van der Waals surface area (Å²) in [5.74, 6) is -0.184. The van der Waals surface area contributed by atoms with Crippen LogP contribution < -0.4 is 16.0 Å². The fourth-order valence-electron chi connectivity index (χ4n) is 3.75. The van der Waals surface area contributed by atoms with Crippen LogP contribution in [0.4, 0.5) is 10.5 Å². The predicted octanol–water partition coefficient (Wildman–Crippen LogP) is 2.45. The van der Waals surface area contributed by atoms with Crippen molar-refractivity contribution in [1.82, 2.24) is 15.6 Å². The maximum Gasteiger partial charge on any atom is 0.319 e. The highest BCUT2D eigenvalue weighted by Gasteiger charge is 2.28. The Balaban J connectivity index is 1.30. The number of fused-ring (bicyclic) bond motifs is 1. The van der Waals surface area contributed by atoms with Gasteiger partial charge >= 0.3 is 6.03 Å². The van der Waals surface area contributed by atoms with Crippen molar-refractivity contribution in [2.75, 3.05) is 23.4 Å². The van der Waals surface area contributed by atoms with Crippen LogP contribution in [0, 0.1) is 0 Å². The molecule has 31 heavy (non-hydrogen) atoms. The fraction of sp³-hybridized carbons (Fsp3) is 0.273. The average molecular weight is 441 g/mol. The number of benzene rings is 2. The lowest BCUT2D eigenvalue weighted by Crippen LogP contribution is -2.38. The molecule has 0 aliphatic carbocycles. The van der Waals surface area contributed by atoms with Crippen molar-refractivity contribution in [3.8, 4) is 0 Å². The van der Waals surface area contributed by atoms with E-state index in [9.17, 15) is 18.0 Å². The average Bonchev–Trinajstić information content (AvgIpc) is 3.30. The molecule has 4 N–H and O–H groups in total. The fourth-order valence-corrected chi connectivity index (χ4v) is 5.42. The van der Waals surface area contributed by atoms with Gasteiger partial charge in [-0.15, -0.1) is 0 Å². The summed E-state index contributed by atoms with van der Waals surface area (Å²) in [6.07, 6.45) is 3.06. The number of aromatic amines is 1. The van der Waals surface area contributed by atoms with Gasteiger partial charge in [-0.05, 0) is 42.7 Å². The van der Waals surface area contributed by atoms with Crippen LogP contribution in [0.2, 0.25) is 0 Å². The number of carbonyl (C=O) groups excluding carboxylic acids is 2. The number of hydrogen-bond acceptors (Lipinski definition) is 4. The predicted molar refractivity (Wildman–Crippen MR) is 120 cm³/mol. The summed E-state index contributed by atoms with van der Waals surface area (Å²) in [4.78, 5) is 27.9. The summed E-state index contributed by atoms with van der Waals surface area (Å²) in [5, 5.41) is 9.37. The first kappa shape index (κ1) is 20.9. The molecule has 1 aliphatic rings. The highest BCUT2D eigenvalue weighted by molar-refractivity contribution is 7.91. The summed E-state index contributed by atoms with van der Waals surface area (Å²) in [6, 6.07) is 13.8. The van der Waals surface area contributed by atoms with Gasteiger partial charge in [0, 0.05) is 40.9 Å². The van der Waals surface area contributed by atoms with Gasteiger partial charge in [-0.3, -0.25) is 4.79 Å². The van der Waals surface area contributed by atoms with Gasteiger partial charge in [-0.2, -0.15) is 0 Å². The topological polar surface area (TPSA) is 120 Å². The molecule has 1 atom stereocenters. The summed E-state index contributed by atoms with van der Waals surface area (Å²) < 4.78 is 23.0. The van der Waals surface area contributed by atoms with E-state index in [4.69, 9.17) is 0 Å². The number of aromatic nitrogens is 1. The molecule has 9 heteroatoms. The maximum atomic E-state index is 12.5. The number of amides is 3. The number of anilines is 1. The Hall–Kier alpha value is -3.33. The van der Waals surface area contributed by atoms with Crippen LogP contribution >= 0.6 is 0 Å². The minimum atomic E-state index is -3.07. The van der Waals surface area contributed by atoms with Crippen LogP contribution in [-0.2, 0) is 16.3 Å². The zero-order chi connectivity index (χ0) is 21.8. The van der Waals surface area contributed by atoms with Gasteiger partial charge in [-0.1, -0.05) is 24.3 Å². The van der Waals surface area contributed by atoms with E-state index in [-0.39, 0.29) is 23.5 Å². The van der Waals surface area contributed by atoms with Crippen molar-refractivity contribution in [3.05, 3.63) is 65.9 Å². The van der Waals surface area contributed by atoms with Crippen LogP contribution in [0.3, 0.4) is 0 Å². The molecule has 1 aromatic heterocycles. The van der Waals surface area contributed by atoms with Crippen molar-refractivity contribution < 1.29 is 18.0 Å². The molecular weight excluding hydrogens is 416 g/mol. The minimum Gasteiger partial charge on any atom is -0.361 e. The van der Waals surface area contributed by atoms with Gasteiger partial charge in [0.05, 0.1) is 11.5 Å². The number of carbonyl (C=O) groups is 2. The SMILES string of the molecule is O=C(Nc1cccc(C(=O)NCCc2c[nH]c3ccccc23)c1)N[C@@H]1CCS(=O)(=O)C1. The highest BCUT2D eigenvalue weighted by atomic mass is 32.2. The number of para-hydroxylation sites is 1.